The second-order valence-corrected chi connectivity index (χ2v) is 7.15. The maximum Gasteiger partial charge on any atom is 0.224 e. The number of rotatable bonds is 6. The molecule has 1 aliphatic rings. The van der Waals surface area contributed by atoms with E-state index in [1.54, 1.807) is 11.3 Å². The zero-order valence-electron chi connectivity index (χ0n) is 13.4. The molecule has 0 saturated carbocycles. The van der Waals surface area contributed by atoms with Crippen LogP contribution < -0.4 is 5.32 Å². The van der Waals surface area contributed by atoms with Gasteiger partial charge in [-0.25, -0.2) is 4.98 Å². The molecule has 1 aromatic rings. The lowest BCUT2D eigenvalue weighted by Crippen LogP contribution is -2.45. The van der Waals surface area contributed by atoms with Crippen LogP contribution >= 0.6 is 11.3 Å². The van der Waals surface area contributed by atoms with Gasteiger partial charge < -0.3 is 10.2 Å². The Balaban J connectivity index is 1.67. The van der Waals surface area contributed by atoms with Gasteiger partial charge in [0.2, 0.25) is 5.91 Å². The van der Waals surface area contributed by atoms with E-state index in [0.717, 1.165) is 51.0 Å². The van der Waals surface area contributed by atoms with Crippen molar-refractivity contribution in [2.75, 3.05) is 19.6 Å². The molecule has 0 spiro atoms. The predicted molar refractivity (Wildman–Crippen MR) is 87.6 cm³/mol. The number of carbonyl (C=O) groups excluding carboxylic acids is 1. The summed E-state index contributed by atoms with van der Waals surface area (Å²) in [6.45, 7) is 9.23. The summed E-state index contributed by atoms with van der Waals surface area (Å²) in [4.78, 5) is 19.1. The predicted octanol–water partition coefficient (Wildman–Crippen LogP) is 2.62. The van der Waals surface area contributed by atoms with Crippen molar-refractivity contribution in [3.63, 3.8) is 0 Å². The Morgan fingerprint density at radius 1 is 1.57 bits per heavy atom. The Labute approximate surface area is 132 Å². The zero-order chi connectivity index (χ0) is 15.2. The van der Waals surface area contributed by atoms with Gasteiger partial charge in [0.1, 0.15) is 0 Å². The minimum atomic E-state index is 0.170. The molecule has 1 atom stereocenters. The first-order valence-corrected chi connectivity index (χ1v) is 8.87. The molecular weight excluding hydrogens is 282 g/mol. The van der Waals surface area contributed by atoms with E-state index in [-0.39, 0.29) is 11.8 Å². The number of nitrogens with one attached hydrogen (secondary N) is 1. The Morgan fingerprint density at radius 2 is 2.38 bits per heavy atom. The van der Waals surface area contributed by atoms with Gasteiger partial charge >= 0.3 is 0 Å². The number of aromatic nitrogens is 1. The van der Waals surface area contributed by atoms with Crippen molar-refractivity contribution in [2.24, 2.45) is 5.92 Å². The molecule has 1 saturated heterocycles. The molecule has 5 heteroatoms. The zero-order valence-corrected chi connectivity index (χ0v) is 14.2. The smallest absolute Gasteiger partial charge is 0.224 e. The van der Waals surface area contributed by atoms with Gasteiger partial charge in [-0.05, 0) is 46.6 Å². The first-order valence-electron chi connectivity index (χ1n) is 7.99. The SMILES string of the molecule is Cc1csc(CCCNC(=O)[C@@H]2CCCN(C(C)C)C2)n1. The van der Waals surface area contributed by atoms with Crippen LogP contribution in [0, 0.1) is 12.8 Å². The summed E-state index contributed by atoms with van der Waals surface area (Å²) in [5.74, 6) is 0.402. The van der Waals surface area contributed by atoms with Crippen LogP contribution in [0.1, 0.15) is 43.8 Å². The average Bonchev–Trinajstić information content (AvgIpc) is 2.89. The molecule has 0 radical (unpaired) electrons. The third kappa shape index (κ3) is 5.08. The van der Waals surface area contributed by atoms with E-state index in [1.807, 2.05) is 6.92 Å². The lowest BCUT2D eigenvalue weighted by atomic mass is 9.96. The van der Waals surface area contributed by atoms with Gasteiger partial charge in [0.05, 0.1) is 10.9 Å². The minimum absolute atomic E-state index is 0.170. The minimum Gasteiger partial charge on any atom is -0.356 e. The van der Waals surface area contributed by atoms with Gasteiger partial charge in [0.15, 0.2) is 0 Å². The second kappa shape index (κ2) is 7.90. The molecule has 0 aliphatic carbocycles. The highest BCUT2D eigenvalue weighted by Gasteiger charge is 2.26. The monoisotopic (exact) mass is 309 g/mol. The number of carbonyl (C=O) groups is 1. The summed E-state index contributed by atoms with van der Waals surface area (Å²) >= 11 is 1.71. The molecule has 1 N–H and O–H groups in total. The second-order valence-electron chi connectivity index (χ2n) is 6.21. The van der Waals surface area contributed by atoms with Crippen molar-refractivity contribution in [3.05, 3.63) is 16.1 Å². The highest BCUT2D eigenvalue weighted by molar-refractivity contribution is 7.09. The molecule has 118 valence electrons. The van der Waals surface area contributed by atoms with E-state index in [9.17, 15) is 4.79 Å². The van der Waals surface area contributed by atoms with Gasteiger partial charge in [-0.15, -0.1) is 11.3 Å². The number of hydrogen-bond donors (Lipinski definition) is 1. The molecule has 4 nitrogen and oxygen atoms in total. The molecule has 1 aromatic heterocycles. The average molecular weight is 309 g/mol. The van der Waals surface area contributed by atoms with Crippen molar-refractivity contribution < 1.29 is 4.79 Å². The standard InChI is InChI=1S/C16H27N3OS/c1-12(2)19-9-5-6-14(10-19)16(20)17-8-4-7-15-18-13(3)11-21-15/h11-12,14H,4-10H2,1-3H3,(H,17,20)/t14-/m1/s1. The number of amides is 1. The van der Waals surface area contributed by atoms with Crippen LogP contribution in [-0.4, -0.2) is 41.5 Å². The maximum atomic E-state index is 12.2. The molecule has 1 amide bonds. The molecule has 21 heavy (non-hydrogen) atoms. The first kappa shape index (κ1) is 16.4. The van der Waals surface area contributed by atoms with Crippen LogP contribution in [0.25, 0.3) is 0 Å². The van der Waals surface area contributed by atoms with E-state index >= 15 is 0 Å². The molecule has 0 unspecified atom stereocenters. The number of nitrogens with zero attached hydrogens (tertiary/aromatic N) is 2. The topological polar surface area (TPSA) is 45.2 Å². The number of aryl methyl sites for hydroxylation is 2. The van der Waals surface area contributed by atoms with Crippen molar-refractivity contribution in [3.8, 4) is 0 Å². The van der Waals surface area contributed by atoms with E-state index in [1.165, 1.54) is 5.01 Å². The largest absolute Gasteiger partial charge is 0.356 e. The summed E-state index contributed by atoms with van der Waals surface area (Å²) in [6, 6.07) is 0.536. The lowest BCUT2D eigenvalue weighted by Gasteiger charge is -2.34. The number of thiazole rings is 1. The van der Waals surface area contributed by atoms with Crippen molar-refractivity contribution in [1.29, 1.82) is 0 Å². The van der Waals surface area contributed by atoms with Gasteiger partial charge in [-0.1, -0.05) is 0 Å². The van der Waals surface area contributed by atoms with Crippen LogP contribution in [-0.2, 0) is 11.2 Å². The van der Waals surface area contributed by atoms with E-state index < -0.39 is 0 Å². The van der Waals surface area contributed by atoms with Crippen LogP contribution in [0.3, 0.4) is 0 Å². The summed E-state index contributed by atoms with van der Waals surface area (Å²) in [7, 11) is 0. The third-order valence-electron chi connectivity index (χ3n) is 4.09. The van der Waals surface area contributed by atoms with Gasteiger partial charge in [0.25, 0.3) is 0 Å². The van der Waals surface area contributed by atoms with E-state index in [4.69, 9.17) is 0 Å². The Kier molecular flexibility index (Phi) is 6.18. The van der Waals surface area contributed by atoms with Crippen LogP contribution in [0.15, 0.2) is 5.38 Å². The van der Waals surface area contributed by atoms with Crippen LogP contribution in [0.4, 0.5) is 0 Å². The molecule has 1 aliphatic heterocycles. The van der Waals surface area contributed by atoms with Crippen LogP contribution in [0.2, 0.25) is 0 Å². The molecular formula is C16H27N3OS. The molecule has 0 bridgehead atoms. The fourth-order valence-electron chi connectivity index (χ4n) is 2.80. The summed E-state index contributed by atoms with van der Waals surface area (Å²) in [6.07, 6.45) is 4.09. The first-order chi connectivity index (χ1) is 10.1. The van der Waals surface area contributed by atoms with Gasteiger partial charge in [-0.3, -0.25) is 4.79 Å². The lowest BCUT2D eigenvalue weighted by molar-refractivity contribution is -0.126. The highest BCUT2D eigenvalue weighted by Crippen LogP contribution is 2.18. The van der Waals surface area contributed by atoms with Gasteiger partial charge in [0, 0.05) is 36.6 Å². The van der Waals surface area contributed by atoms with Crippen molar-refractivity contribution >= 4 is 17.2 Å². The Hall–Kier alpha value is -0.940. The van der Waals surface area contributed by atoms with Crippen molar-refractivity contribution in [1.82, 2.24) is 15.2 Å². The normalized spacial score (nSPS) is 19.9. The molecule has 0 aromatic carbocycles. The summed E-state index contributed by atoms with van der Waals surface area (Å²) < 4.78 is 0. The van der Waals surface area contributed by atoms with Crippen molar-refractivity contribution in [2.45, 2.75) is 52.5 Å². The maximum absolute atomic E-state index is 12.2. The summed E-state index contributed by atoms with van der Waals surface area (Å²) in [5.41, 5.74) is 1.09. The van der Waals surface area contributed by atoms with Crippen LogP contribution in [0.5, 0.6) is 0 Å². The molecule has 1 fully saturated rings. The quantitative estimate of drug-likeness (QED) is 0.822. The fraction of sp³-hybridized carbons (Fsp3) is 0.750. The van der Waals surface area contributed by atoms with E-state index in [0.29, 0.717) is 6.04 Å². The number of piperidine rings is 1. The number of hydrogen-bond acceptors (Lipinski definition) is 4. The number of likely N-dealkylation sites (tertiary alicyclic amines) is 1. The summed E-state index contributed by atoms with van der Waals surface area (Å²) in [5, 5.41) is 6.35. The Bertz CT molecular complexity index is 458. The molecule has 2 heterocycles. The third-order valence-corrected chi connectivity index (χ3v) is 5.11. The Morgan fingerprint density at radius 3 is 3.05 bits per heavy atom. The molecule has 2 rings (SSSR count). The fourth-order valence-corrected chi connectivity index (χ4v) is 3.62. The van der Waals surface area contributed by atoms with Gasteiger partial charge in [-0.2, -0.15) is 0 Å². The van der Waals surface area contributed by atoms with E-state index in [2.05, 4.69) is 34.4 Å². The highest BCUT2D eigenvalue weighted by atomic mass is 32.1.